The minimum absolute atomic E-state index is 0.528. The summed E-state index contributed by atoms with van der Waals surface area (Å²) in [6, 6.07) is 8.31. The maximum Gasteiger partial charge on any atom is 0.119 e. The third kappa shape index (κ3) is 3.04. The van der Waals surface area contributed by atoms with Gasteiger partial charge in [0.15, 0.2) is 0 Å². The third-order valence-electron chi connectivity index (χ3n) is 2.25. The first-order valence-corrected chi connectivity index (χ1v) is 5.15. The molecule has 1 atom stereocenters. The summed E-state index contributed by atoms with van der Waals surface area (Å²) < 4.78 is 5.45. The molecule has 1 aromatic rings. The molecule has 0 amide bonds. The molecule has 0 saturated heterocycles. The number of nitrogens with one attached hydrogen (secondary N) is 1. The molecular weight excluding hydrogens is 174 g/mol. The lowest BCUT2D eigenvalue weighted by Crippen LogP contribution is -2.14. The van der Waals surface area contributed by atoms with Crippen LogP contribution in [-0.4, -0.2) is 20.2 Å². The Morgan fingerprint density at radius 1 is 1.43 bits per heavy atom. The van der Waals surface area contributed by atoms with Crippen molar-refractivity contribution < 1.29 is 4.74 Å². The summed E-state index contributed by atoms with van der Waals surface area (Å²) in [5.41, 5.74) is 1.32. The Morgan fingerprint density at radius 2 is 2.21 bits per heavy atom. The molecule has 0 bridgehead atoms. The normalized spacial score (nSPS) is 12.5. The van der Waals surface area contributed by atoms with Crippen LogP contribution in [0.4, 0.5) is 0 Å². The van der Waals surface area contributed by atoms with E-state index in [4.69, 9.17) is 4.74 Å². The van der Waals surface area contributed by atoms with E-state index in [0.717, 1.165) is 18.9 Å². The number of ether oxygens (including phenoxy) is 1. The van der Waals surface area contributed by atoms with Crippen molar-refractivity contribution in [2.45, 2.75) is 19.8 Å². The second-order valence-electron chi connectivity index (χ2n) is 3.46. The third-order valence-corrected chi connectivity index (χ3v) is 2.25. The Kier molecular flexibility index (Phi) is 4.47. The predicted molar refractivity (Wildman–Crippen MR) is 60.0 cm³/mol. The summed E-state index contributed by atoms with van der Waals surface area (Å²) in [6.07, 6.45) is 0. The SMILES string of the molecule is CCOc1cccc(C(C)CNC)c1. The molecule has 0 heterocycles. The molecule has 1 unspecified atom stereocenters. The topological polar surface area (TPSA) is 21.3 Å². The fraction of sp³-hybridized carbons (Fsp3) is 0.500. The molecule has 2 heteroatoms. The van der Waals surface area contributed by atoms with E-state index in [2.05, 4.69) is 24.4 Å². The van der Waals surface area contributed by atoms with Gasteiger partial charge in [-0.15, -0.1) is 0 Å². The number of hydrogen-bond acceptors (Lipinski definition) is 2. The van der Waals surface area contributed by atoms with E-state index in [1.54, 1.807) is 0 Å². The maximum atomic E-state index is 5.45. The molecule has 0 radical (unpaired) electrons. The second-order valence-corrected chi connectivity index (χ2v) is 3.46. The zero-order chi connectivity index (χ0) is 10.4. The van der Waals surface area contributed by atoms with Crippen molar-refractivity contribution in [2.75, 3.05) is 20.2 Å². The lowest BCUT2D eigenvalue weighted by Gasteiger charge is -2.12. The summed E-state index contributed by atoms with van der Waals surface area (Å²) in [5.74, 6) is 1.49. The number of benzene rings is 1. The second kappa shape index (κ2) is 5.66. The molecule has 0 fully saturated rings. The largest absolute Gasteiger partial charge is 0.494 e. The lowest BCUT2D eigenvalue weighted by atomic mass is 10.0. The van der Waals surface area contributed by atoms with Gasteiger partial charge in [-0.1, -0.05) is 19.1 Å². The first-order chi connectivity index (χ1) is 6.77. The Hall–Kier alpha value is -1.02. The van der Waals surface area contributed by atoms with Crippen LogP contribution >= 0.6 is 0 Å². The number of rotatable bonds is 5. The van der Waals surface area contributed by atoms with Crippen molar-refractivity contribution in [3.63, 3.8) is 0 Å². The van der Waals surface area contributed by atoms with Gasteiger partial charge >= 0.3 is 0 Å². The van der Waals surface area contributed by atoms with Gasteiger partial charge in [0.2, 0.25) is 0 Å². The van der Waals surface area contributed by atoms with Gasteiger partial charge in [-0.3, -0.25) is 0 Å². The summed E-state index contributed by atoms with van der Waals surface area (Å²) in [6.45, 7) is 5.94. The van der Waals surface area contributed by atoms with Gasteiger partial charge < -0.3 is 10.1 Å². The van der Waals surface area contributed by atoms with Crippen LogP contribution < -0.4 is 10.1 Å². The molecule has 0 saturated carbocycles. The van der Waals surface area contributed by atoms with Gasteiger partial charge in [0, 0.05) is 6.54 Å². The van der Waals surface area contributed by atoms with Crippen molar-refractivity contribution >= 4 is 0 Å². The van der Waals surface area contributed by atoms with E-state index in [0.29, 0.717) is 5.92 Å². The van der Waals surface area contributed by atoms with Gasteiger partial charge in [0.05, 0.1) is 6.61 Å². The summed E-state index contributed by atoms with van der Waals surface area (Å²) >= 11 is 0. The van der Waals surface area contributed by atoms with E-state index in [1.807, 2.05) is 26.1 Å². The van der Waals surface area contributed by atoms with Crippen molar-refractivity contribution in [1.82, 2.24) is 5.32 Å². The van der Waals surface area contributed by atoms with E-state index < -0.39 is 0 Å². The molecule has 1 aromatic carbocycles. The fourth-order valence-electron chi connectivity index (χ4n) is 1.50. The molecule has 0 aliphatic heterocycles. The Morgan fingerprint density at radius 3 is 2.86 bits per heavy atom. The molecule has 0 aromatic heterocycles. The van der Waals surface area contributed by atoms with E-state index in [1.165, 1.54) is 5.56 Å². The quantitative estimate of drug-likeness (QED) is 0.775. The Bertz CT molecular complexity index is 273. The first kappa shape index (κ1) is 11.1. The molecule has 1 rings (SSSR count). The Labute approximate surface area is 86.3 Å². The lowest BCUT2D eigenvalue weighted by molar-refractivity contribution is 0.339. The minimum atomic E-state index is 0.528. The Balaban J connectivity index is 2.71. The average Bonchev–Trinajstić information content (AvgIpc) is 2.19. The van der Waals surface area contributed by atoms with Gasteiger partial charge in [-0.2, -0.15) is 0 Å². The van der Waals surface area contributed by atoms with Crippen molar-refractivity contribution in [3.05, 3.63) is 29.8 Å². The van der Waals surface area contributed by atoms with Crippen LogP contribution in [-0.2, 0) is 0 Å². The molecule has 0 spiro atoms. The molecule has 14 heavy (non-hydrogen) atoms. The van der Waals surface area contributed by atoms with Crippen molar-refractivity contribution in [2.24, 2.45) is 0 Å². The molecule has 2 nitrogen and oxygen atoms in total. The molecular formula is C12H19NO. The molecule has 0 aliphatic rings. The van der Waals surface area contributed by atoms with Crippen molar-refractivity contribution in [1.29, 1.82) is 0 Å². The average molecular weight is 193 g/mol. The number of likely N-dealkylation sites (N-methyl/N-ethyl adjacent to an activating group) is 1. The van der Waals surface area contributed by atoms with Crippen LogP contribution in [0.15, 0.2) is 24.3 Å². The maximum absolute atomic E-state index is 5.45. The van der Waals surface area contributed by atoms with E-state index in [9.17, 15) is 0 Å². The fourth-order valence-corrected chi connectivity index (χ4v) is 1.50. The zero-order valence-corrected chi connectivity index (χ0v) is 9.21. The highest BCUT2D eigenvalue weighted by Gasteiger charge is 2.04. The molecule has 0 aliphatic carbocycles. The highest BCUT2D eigenvalue weighted by Crippen LogP contribution is 2.20. The van der Waals surface area contributed by atoms with Gasteiger partial charge in [0.1, 0.15) is 5.75 Å². The summed E-state index contributed by atoms with van der Waals surface area (Å²) in [7, 11) is 1.98. The predicted octanol–water partition coefficient (Wildman–Crippen LogP) is 2.41. The zero-order valence-electron chi connectivity index (χ0n) is 9.21. The monoisotopic (exact) mass is 193 g/mol. The van der Waals surface area contributed by atoms with Gasteiger partial charge in [-0.25, -0.2) is 0 Å². The molecule has 1 N–H and O–H groups in total. The highest BCUT2D eigenvalue weighted by molar-refractivity contribution is 5.30. The first-order valence-electron chi connectivity index (χ1n) is 5.15. The summed E-state index contributed by atoms with van der Waals surface area (Å²) in [4.78, 5) is 0. The molecule has 78 valence electrons. The van der Waals surface area contributed by atoms with Gasteiger partial charge in [0.25, 0.3) is 0 Å². The van der Waals surface area contributed by atoms with E-state index >= 15 is 0 Å². The van der Waals surface area contributed by atoms with Crippen LogP contribution in [0.5, 0.6) is 5.75 Å². The van der Waals surface area contributed by atoms with Crippen molar-refractivity contribution in [3.8, 4) is 5.75 Å². The van der Waals surface area contributed by atoms with Crippen LogP contribution in [0.1, 0.15) is 25.3 Å². The van der Waals surface area contributed by atoms with Crippen LogP contribution in [0, 0.1) is 0 Å². The van der Waals surface area contributed by atoms with Crippen LogP contribution in [0.25, 0.3) is 0 Å². The van der Waals surface area contributed by atoms with E-state index in [-0.39, 0.29) is 0 Å². The highest BCUT2D eigenvalue weighted by atomic mass is 16.5. The van der Waals surface area contributed by atoms with Gasteiger partial charge in [-0.05, 0) is 37.6 Å². The smallest absolute Gasteiger partial charge is 0.119 e. The number of hydrogen-bond donors (Lipinski definition) is 1. The minimum Gasteiger partial charge on any atom is -0.494 e. The van der Waals surface area contributed by atoms with Crippen LogP contribution in [0.3, 0.4) is 0 Å². The summed E-state index contributed by atoms with van der Waals surface area (Å²) in [5, 5.41) is 3.18. The van der Waals surface area contributed by atoms with Crippen LogP contribution in [0.2, 0.25) is 0 Å². The standard InChI is InChI=1S/C12H19NO/c1-4-14-12-7-5-6-11(8-12)10(2)9-13-3/h5-8,10,13H,4,9H2,1-3H3.